The summed E-state index contributed by atoms with van der Waals surface area (Å²) in [6, 6.07) is 3.49. The largest absolute Gasteiger partial charge is 0.416 e. The minimum Gasteiger partial charge on any atom is -0.207 e. The summed E-state index contributed by atoms with van der Waals surface area (Å²) in [4.78, 5) is -0.466. The molecule has 1 aliphatic rings. The Morgan fingerprint density at radius 3 is 1.96 bits per heavy atom. The van der Waals surface area contributed by atoms with Crippen LogP contribution < -0.4 is 0 Å². The molecule has 0 spiro atoms. The van der Waals surface area contributed by atoms with E-state index in [2.05, 4.69) is 0 Å². The van der Waals surface area contributed by atoms with E-state index in [1.165, 1.54) is 14.1 Å². The van der Waals surface area contributed by atoms with Gasteiger partial charge in [0.25, 0.3) is 10.2 Å². The molecule has 0 aromatic heterocycles. The number of alkyl halides is 3. The van der Waals surface area contributed by atoms with Crippen LogP contribution in [-0.4, -0.2) is 70.0 Å². The highest BCUT2D eigenvalue weighted by molar-refractivity contribution is 7.89. The average molecular weight is 401 g/mol. The number of hydrogen-bond donors (Lipinski definition) is 0. The normalized spacial score (nSPS) is 18.6. The van der Waals surface area contributed by atoms with E-state index >= 15 is 0 Å². The SMILES string of the molecule is CN(C)S(=O)(=O)N1CCN(S(=O)(=O)c2cccc(C(F)(F)F)c2)CC1. The summed E-state index contributed by atoms with van der Waals surface area (Å²) in [5.74, 6) is 0. The number of sulfonamides is 1. The Balaban J connectivity index is 2.21. The fourth-order valence-electron chi connectivity index (χ4n) is 2.35. The highest BCUT2D eigenvalue weighted by Gasteiger charge is 2.36. The molecular formula is C13H18F3N3O4S2. The van der Waals surface area contributed by atoms with Crippen LogP contribution in [-0.2, 0) is 26.4 Å². The number of benzene rings is 1. The highest BCUT2D eigenvalue weighted by atomic mass is 32.2. The number of hydrogen-bond acceptors (Lipinski definition) is 4. The van der Waals surface area contributed by atoms with Crippen LogP contribution in [0.5, 0.6) is 0 Å². The molecule has 25 heavy (non-hydrogen) atoms. The van der Waals surface area contributed by atoms with E-state index < -0.39 is 36.9 Å². The Hall–Kier alpha value is -1.21. The van der Waals surface area contributed by atoms with E-state index in [9.17, 15) is 30.0 Å². The van der Waals surface area contributed by atoms with Crippen molar-refractivity contribution in [2.45, 2.75) is 11.1 Å². The minimum absolute atomic E-state index is 0.0707. The van der Waals surface area contributed by atoms with E-state index in [1.807, 2.05) is 0 Å². The van der Waals surface area contributed by atoms with E-state index in [0.29, 0.717) is 6.07 Å². The molecular weight excluding hydrogens is 383 g/mol. The van der Waals surface area contributed by atoms with Crippen LogP contribution in [0.25, 0.3) is 0 Å². The molecule has 0 amide bonds. The van der Waals surface area contributed by atoms with Crippen LogP contribution in [0.1, 0.15) is 5.56 Å². The zero-order chi connectivity index (χ0) is 19.0. The third kappa shape index (κ3) is 4.14. The molecule has 0 bridgehead atoms. The number of halogens is 3. The van der Waals surface area contributed by atoms with Gasteiger partial charge in [-0.05, 0) is 18.2 Å². The Morgan fingerprint density at radius 2 is 1.48 bits per heavy atom. The van der Waals surface area contributed by atoms with Gasteiger partial charge in [0.05, 0.1) is 10.5 Å². The lowest BCUT2D eigenvalue weighted by Crippen LogP contribution is -2.52. The summed E-state index contributed by atoms with van der Waals surface area (Å²) in [7, 11) is -5.07. The second-order valence-electron chi connectivity index (χ2n) is 5.62. The van der Waals surface area contributed by atoms with Crippen molar-refractivity contribution in [2.75, 3.05) is 40.3 Å². The van der Waals surface area contributed by atoms with Crippen molar-refractivity contribution in [1.82, 2.24) is 12.9 Å². The zero-order valence-corrected chi connectivity index (χ0v) is 15.2. The van der Waals surface area contributed by atoms with E-state index in [0.717, 1.165) is 31.1 Å². The van der Waals surface area contributed by atoms with Crippen molar-refractivity contribution in [3.05, 3.63) is 29.8 Å². The maximum atomic E-state index is 12.8. The van der Waals surface area contributed by atoms with E-state index in [1.54, 1.807) is 0 Å². The fourth-order valence-corrected chi connectivity index (χ4v) is 4.91. The smallest absolute Gasteiger partial charge is 0.207 e. The predicted molar refractivity (Wildman–Crippen MR) is 84.4 cm³/mol. The van der Waals surface area contributed by atoms with Gasteiger partial charge in [0.2, 0.25) is 10.0 Å². The molecule has 0 aliphatic carbocycles. The Kier molecular flexibility index (Phi) is 5.50. The minimum atomic E-state index is -4.65. The summed E-state index contributed by atoms with van der Waals surface area (Å²) >= 11 is 0. The van der Waals surface area contributed by atoms with E-state index in [-0.39, 0.29) is 26.2 Å². The molecule has 1 saturated heterocycles. The molecule has 142 valence electrons. The van der Waals surface area contributed by atoms with Gasteiger partial charge >= 0.3 is 6.18 Å². The zero-order valence-electron chi connectivity index (χ0n) is 13.6. The molecule has 0 unspecified atom stereocenters. The van der Waals surface area contributed by atoms with Crippen LogP contribution >= 0.6 is 0 Å². The topological polar surface area (TPSA) is 78.0 Å². The van der Waals surface area contributed by atoms with Gasteiger partial charge in [0, 0.05) is 40.3 Å². The molecule has 0 N–H and O–H groups in total. The van der Waals surface area contributed by atoms with Crippen LogP contribution in [0.15, 0.2) is 29.2 Å². The average Bonchev–Trinajstić information content (AvgIpc) is 2.54. The van der Waals surface area contributed by atoms with E-state index in [4.69, 9.17) is 0 Å². The molecule has 1 heterocycles. The van der Waals surface area contributed by atoms with Crippen LogP contribution in [0.2, 0.25) is 0 Å². The standard InChI is InChI=1S/C13H18F3N3O4S2/c1-17(2)25(22,23)19-8-6-18(7-9-19)24(20,21)12-5-3-4-11(10-12)13(14,15)16/h3-5,10H,6-9H2,1-2H3. The number of piperazine rings is 1. The molecule has 2 rings (SSSR count). The van der Waals surface area contributed by atoms with Crippen molar-refractivity contribution in [2.24, 2.45) is 0 Å². The highest BCUT2D eigenvalue weighted by Crippen LogP contribution is 2.31. The first-order valence-electron chi connectivity index (χ1n) is 7.22. The lowest BCUT2D eigenvalue weighted by molar-refractivity contribution is -0.137. The third-order valence-electron chi connectivity index (χ3n) is 3.78. The van der Waals surface area contributed by atoms with Crippen molar-refractivity contribution < 1.29 is 30.0 Å². The van der Waals surface area contributed by atoms with Gasteiger partial charge in [0.15, 0.2) is 0 Å². The third-order valence-corrected chi connectivity index (χ3v) is 7.62. The maximum Gasteiger partial charge on any atom is 0.416 e. The first-order valence-corrected chi connectivity index (χ1v) is 10.1. The van der Waals surface area contributed by atoms with Gasteiger partial charge in [-0.2, -0.15) is 34.5 Å². The fraction of sp³-hybridized carbons (Fsp3) is 0.538. The maximum absolute atomic E-state index is 12.8. The first kappa shape index (κ1) is 20.1. The van der Waals surface area contributed by atoms with Gasteiger partial charge in [-0.15, -0.1) is 0 Å². The molecule has 0 saturated carbocycles. The predicted octanol–water partition coefficient (Wildman–Crippen LogP) is 0.818. The second-order valence-corrected chi connectivity index (χ2v) is 9.70. The quantitative estimate of drug-likeness (QED) is 0.748. The Morgan fingerprint density at radius 1 is 0.960 bits per heavy atom. The van der Waals surface area contributed by atoms with Crippen molar-refractivity contribution in [1.29, 1.82) is 0 Å². The number of rotatable bonds is 4. The molecule has 1 fully saturated rings. The lowest BCUT2D eigenvalue weighted by atomic mass is 10.2. The van der Waals surface area contributed by atoms with Gasteiger partial charge < -0.3 is 0 Å². The van der Waals surface area contributed by atoms with Crippen molar-refractivity contribution >= 4 is 20.2 Å². The Labute approximate surface area is 144 Å². The van der Waals surface area contributed by atoms with Crippen LogP contribution in [0.3, 0.4) is 0 Å². The van der Waals surface area contributed by atoms with Gasteiger partial charge in [0.1, 0.15) is 0 Å². The van der Waals surface area contributed by atoms with Crippen LogP contribution in [0.4, 0.5) is 13.2 Å². The monoisotopic (exact) mass is 401 g/mol. The van der Waals surface area contributed by atoms with Crippen LogP contribution in [0, 0.1) is 0 Å². The first-order chi connectivity index (χ1) is 11.4. The Bertz CT molecular complexity index is 830. The summed E-state index contributed by atoms with van der Waals surface area (Å²) < 4.78 is 90.6. The molecule has 12 heteroatoms. The summed E-state index contributed by atoms with van der Waals surface area (Å²) in [5, 5.41) is 0. The summed E-state index contributed by atoms with van der Waals surface area (Å²) in [6.07, 6.45) is -4.65. The lowest BCUT2D eigenvalue weighted by Gasteiger charge is -2.34. The van der Waals surface area contributed by atoms with Gasteiger partial charge in [-0.1, -0.05) is 6.07 Å². The molecule has 1 aromatic carbocycles. The van der Waals surface area contributed by atoms with Gasteiger partial charge in [-0.25, -0.2) is 8.42 Å². The van der Waals surface area contributed by atoms with Crippen molar-refractivity contribution in [3.63, 3.8) is 0 Å². The summed E-state index contributed by atoms with van der Waals surface area (Å²) in [6.45, 7) is -0.408. The summed E-state index contributed by atoms with van der Waals surface area (Å²) in [5.41, 5.74) is -1.05. The second kappa shape index (κ2) is 6.83. The molecule has 1 aromatic rings. The molecule has 0 atom stereocenters. The van der Waals surface area contributed by atoms with Gasteiger partial charge in [-0.3, -0.25) is 0 Å². The number of nitrogens with zero attached hydrogens (tertiary/aromatic N) is 3. The molecule has 0 radical (unpaired) electrons. The molecule has 1 aliphatic heterocycles. The molecule has 7 nitrogen and oxygen atoms in total. The van der Waals surface area contributed by atoms with Crippen molar-refractivity contribution in [3.8, 4) is 0 Å².